The first-order chi connectivity index (χ1) is 12.5. The summed E-state index contributed by atoms with van der Waals surface area (Å²) >= 11 is 0. The molecule has 0 aliphatic carbocycles. The first-order valence-electron chi connectivity index (χ1n) is 8.92. The molecule has 0 saturated carbocycles. The molecule has 0 spiro atoms. The molecule has 1 aliphatic rings. The van der Waals surface area contributed by atoms with Crippen LogP contribution in [-0.2, 0) is 4.79 Å². The van der Waals surface area contributed by atoms with Crippen molar-refractivity contribution < 1.29 is 9.59 Å². The van der Waals surface area contributed by atoms with Gasteiger partial charge in [-0.25, -0.2) is 9.48 Å². The zero-order chi connectivity index (χ0) is 18.7. The molecule has 1 aromatic carbocycles. The highest BCUT2D eigenvalue weighted by molar-refractivity contribution is 5.94. The Hall–Kier alpha value is -2.83. The van der Waals surface area contributed by atoms with E-state index in [0.29, 0.717) is 24.7 Å². The summed E-state index contributed by atoms with van der Waals surface area (Å²) in [6.45, 7) is 7.79. The third-order valence-corrected chi connectivity index (χ3v) is 4.46. The van der Waals surface area contributed by atoms with Crippen LogP contribution in [0.15, 0.2) is 42.7 Å². The van der Waals surface area contributed by atoms with Crippen molar-refractivity contribution in [2.45, 2.75) is 26.8 Å². The molecule has 1 atom stereocenters. The fourth-order valence-corrected chi connectivity index (χ4v) is 3.17. The molecule has 2 aromatic rings. The Labute approximate surface area is 153 Å². The van der Waals surface area contributed by atoms with E-state index >= 15 is 0 Å². The van der Waals surface area contributed by atoms with Crippen molar-refractivity contribution in [3.8, 4) is 5.69 Å². The van der Waals surface area contributed by atoms with Crippen LogP contribution in [0.2, 0.25) is 0 Å². The van der Waals surface area contributed by atoms with Crippen molar-refractivity contribution in [3.63, 3.8) is 0 Å². The zero-order valence-corrected chi connectivity index (χ0v) is 15.4. The van der Waals surface area contributed by atoms with Gasteiger partial charge in [-0.15, -0.1) is 0 Å². The molecule has 1 unspecified atom stereocenters. The summed E-state index contributed by atoms with van der Waals surface area (Å²) < 4.78 is 1.73. The topological polar surface area (TPSA) is 70.5 Å². The van der Waals surface area contributed by atoms with Crippen LogP contribution in [0.25, 0.3) is 5.69 Å². The third kappa shape index (κ3) is 3.87. The molecule has 3 rings (SSSR count). The lowest BCUT2D eigenvalue weighted by molar-refractivity contribution is -0.139. The quantitative estimate of drug-likeness (QED) is 0.916. The molecule has 0 radical (unpaired) electrons. The van der Waals surface area contributed by atoms with Crippen LogP contribution in [0.5, 0.6) is 0 Å². The maximum atomic E-state index is 12.7. The lowest BCUT2D eigenvalue weighted by atomic mass is 10.1. The number of rotatable bonds is 4. The van der Waals surface area contributed by atoms with Crippen LogP contribution in [0, 0.1) is 5.92 Å². The van der Waals surface area contributed by atoms with Crippen LogP contribution in [0.1, 0.15) is 20.8 Å². The van der Waals surface area contributed by atoms with E-state index in [4.69, 9.17) is 0 Å². The molecule has 1 fully saturated rings. The Balaban J connectivity index is 1.67. The van der Waals surface area contributed by atoms with Gasteiger partial charge < -0.3 is 15.1 Å². The summed E-state index contributed by atoms with van der Waals surface area (Å²) in [5.74, 6) is 0.418. The summed E-state index contributed by atoms with van der Waals surface area (Å²) in [4.78, 5) is 28.6. The van der Waals surface area contributed by atoms with Gasteiger partial charge in [0.05, 0.1) is 5.69 Å². The summed E-state index contributed by atoms with van der Waals surface area (Å²) in [5.41, 5.74) is 1.53. The third-order valence-electron chi connectivity index (χ3n) is 4.46. The second-order valence-corrected chi connectivity index (χ2v) is 6.98. The van der Waals surface area contributed by atoms with Crippen molar-refractivity contribution in [1.29, 1.82) is 0 Å². The SMILES string of the molecule is CC(C)CN1CCN(C(=O)Nc2cccc(-n3cccn3)c2)C(C)C1=O. The van der Waals surface area contributed by atoms with Crippen LogP contribution >= 0.6 is 0 Å². The summed E-state index contributed by atoms with van der Waals surface area (Å²) in [7, 11) is 0. The highest BCUT2D eigenvalue weighted by atomic mass is 16.2. The van der Waals surface area contributed by atoms with Gasteiger partial charge in [0, 0.05) is 37.7 Å². The number of hydrogen-bond donors (Lipinski definition) is 1. The molecule has 7 heteroatoms. The Morgan fingerprint density at radius 2 is 2.12 bits per heavy atom. The fourth-order valence-electron chi connectivity index (χ4n) is 3.17. The molecule has 0 bridgehead atoms. The number of nitrogens with one attached hydrogen (secondary N) is 1. The van der Waals surface area contributed by atoms with Crippen molar-refractivity contribution in [1.82, 2.24) is 19.6 Å². The van der Waals surface area contributed by atoms with Gasteiger partial charge >= 0.3 is 6.03 Å². The van der Waals surface area contributed by atoms with E-state index in [1.807, 2.05) is 41.4 Å². The lowest BCUT2D eigenvalue weighted by Gasteiger charge is -2.39. The molecule has 2 heterocycles. The van der Waals surface area contributed by atoms with Crippen molar-refractivity contribution in [2.75, 3.05) is 25.0 Å². The van der Waals surface area contributed by atoms with Gasteiger partial charge in [0.15, 0.2) is 0 Å². The molecule has 1 saturated heterocycles. The smallest absolute Gasteiger partial charge is 0.322 e. The van der Waals surface area contributed by atoms with Gasteiger partial charge in [-0.3, -0.25) is 4.79 Å². The highest BCUT2D eigenvalue weighted by Crippen LogP contribution is 2.17. The maximum absolute atomic E-state index is 12.7. The van der Waals surface area contributed by atoms with Crippen molar-refractivity contribution >= 4 is 17.6 Å². The predicted molar refractivity (Wildman–Crippen MR) is 100 cm³/mol. The van der Waals surface area contributed by atoms with E-state index in [9.17, 15) is 9.59 Å². The predicted octanol–water partition coefficient (Wildman–Crippen LogP) is 2.59. The van der Waals surface area contributed by atoms with Crippen LogP contribution in [0.4, 0.5) is 10.5 Å². The number of urea groups is 1. The normalized spacial score (nSPS) is 17.7. The largest absolute Gasteiger partial charge is 0.339 e. The first kappa shape index (κ1) is 18.0. The van der Waals surface area contributed by atoms with E-state index in [2.05, 4.69) is 24.3 Å². The second kappa shape index (κ2) is 7.59. The van der Waals surface area contributed by atoms with Gasteiger partial charge in [0.25, 0.3) is 0 Å². The first-order valence-corrected chi connectivity index (χ1v) is 8.92. The van der Waals surface area contributed by atoms with Crippen molar-refractivity contribution in [3.05, 3.63) is 42.7 Å². The molecule has 7 nitrogen and oxygen atoms in total. The van der Waals surface area contributed by atoms with Gasteiger partial charge in [-0.05, 0) is 37.1 Å². The maximum Gasteiger partial charge on any atom is 0.322 e. The van der Waals surface area contributed by atoms with Crippen LogP contribution in [0.3, 0.4) is 0 Å². The number of carbonyl (C=O) groups is 2. The number of anilines is 1. The number of nitrogens with zero attached hydrogens (tertiary/aromatic N) is 4. The number of benzene rings is 1. The minimum absolute atomic E-state index is 0.00499. The van der Waals surface area contributed by atoms with Gasteiger partial charge in [-0.2, -0.15) is 5.10 Å². The van der Waals surface area contributed by atoms with E-state index < -0.39 is 6.04 Å². The molecule has 1 aromatic heterocycles. The molecular formula is C19H25N5O2. The van der Waals surface area contributed by atoms with Crippen LogP contribution in [-0.4, -0.2) is 57.2 Å². The monoisotopic (exact) mass is 355 g/mol. The van der Waals surface area contributed by atoms with E-state index in [1.54, 1.807) is 22.7 Å². The summed E-state index contributed by atoms with van der Waals surface area (Å²) in [6, 6.07) is 8.58. The number of amides is 3. The minimum Gasteiger partial charge on any atom is -0.339 e. The molecule has 26 heavy (non-hydrogen) atoms. The van der Waals surface area contributed by atoms with Gasteiger partial charge in [0.2, 0.25) is 5.91 Å². The Morgan fingerprint density at radius 3 is 2.81 bits per heavy atom. The average Bonchev–Trinajstić information content (AvgIpc) is 3.13. The van der Waals surface area contributed by atoms with Gasteiger partial charge in [0.1, 0.15) is 6.04 Å². The minimum atomic E-state index is -0.461. The number of hydrogen-bond acceptors (Lipinski definition) is 3. The zero-order valence-electron chi connectivity index (χ0n) is 15.4. The summed E-state index contributed by atoms with van der Waals surface area (Å²) in [6.07, 6.45) is 3.55. The van der Waals surface area contributed by atoms with E-state index in [0.717, 1.165) is 12.2 Å². The fraction of sp³-hybridized carbons (Fsp3) is 0.421. The Kier molecular flexibility index (Phi) is 5.25. The Bertz CT molecular complexity index is 772. The van der Waals surface area contributed by atoms with E-state index in [1.165, 1.54) is 0 Å². The molecule has 3 amide bonds. The lowest BCUT2D eigenvalue weighted by Crippen LogP contribution is -2.58. The average molecular weight is 355 g/mol. The second-order valence-electron chi connectivity index (χ2n) is 6.98. The number of aromatic nitrogens is 2. The highest BCUT2D eigenvalue weighted by Gasteiger charge is 2.34. The summed E-state index contributed by atoms with van der Waals surface area (Å²) in [5, 5.41) is 7.09. The Morgan fingerprint density at radius 1 is 1.31 bits per heavy atom. The van der Waals surface area contributed by atoms with Crippen LogP contribution < -0.4 is 5.32 Å². The molecule has 1 N–H and O–H groups in total. The molecular weight excluding hydrogens is 330 g/mol. The molecule has 1 aliphatic heterocycles. The molecule has 138 valence electrons. The van der Waals surface area contributed by atoms with Crippen molar-refractivity contribution in [2.24, 2.45) is 5.92 Å². The van der Waals surface area contributed by atoms with E-state index in [-0.39, 0.29) is 11.9 Å². The number of carbonyl (C=O) groups excluding carboxylic acids is 2. The van der Waals surface area contributed by atoms with Gasteiger partial charge in [-0.1, -0.05) is 19.9 Å². The number of piperazine rings is 1. The standard InChI is InChI=1S/C19H25N5O2/c1-14(2)13-22-10-11-23(15(3)18(22)25)19(26)21-16-6-4-7-17(12-16)24-9-5-8-20-24/h4-9,12,14-15H,10-11,13H2,1-3H3,(H,21,26).